The molecule has 0 aliphatic rings. The van der Waals surface area contributed by atoms with Gasteiger partial charge in [0, 0.05) is 12.7 Å². The number of nitrogens with one attached hydrogen (secondary N) is 1. The minimum Gasteiger partial charge on any atom is -0.492 e. The molecule has 0 saturated heterocycles. The van der Waals surface area contributed by atoms with E-state index in [1.165, 1.54) is 0 Å². The standard InChI is InChI=1S/C21H21N3O2/c1-3-26-20-12-8-7-11-18(20)23-16-13-14-19(22-15-16)21(25)24(2)17-9-5-4-6-10-17/h4-15,23H,3H2,1-2H3. The lowest BCUT2D eigenvalue weighted by Crippen LogP contribution is -2.26. The van der Waals surface area contributed by atoms with Crippen LogP contribution in [0.3, 0.4) is 0 Å². The molecule has 0 fully saturated rings. The Hall–Kier alpha value is -3.34. The van der Waals surface area contributed by atoms with Crippen LogP contribution in [0.4, 0.5) is 17.1 Å². The lowest BCUT2D eigenvalue weighted by atomic mass is 10.2. The second-order valence-corrected chi connectivity index (χ2v) is 5.69. The first-order valence-electron chi connectivity index (χ1n) is 8.47. The molecule has 0 radical (unpaired) electrons. The summed E-state index contributed by atoms with van der Waals surface area (Å²) in [5.41, 5.74) is 2.86. The van der Waals surface area contributed by atoms with E-state index in [-0.39, 0.29) is 5.91 Å². The van der Waals surface area contributed by atoms with Crippen molar-refractivity contribution in [2.45, 2.75) is 6.92 Å². The maximum atomic E-state index is 12.6. The van der Waals surface area contributed by atoms with Gasteiger partial charge in [0.2, 0.25) is 0 Å². The number of anilines is 3. The molecule has 0 atom stereocenters. The first-order chi connectivity index (χ1) is 12.7. The molecule has 1 amide bonds. The van der Waals surface area contributed by atoms with Crippen molar-refractivity contribution in [3.8, 4) is 5.75 Å². The number of aromatic nitrogens is 1. The molecule has 5 heteroatoms. The Morgan fingerprint density at radius 1 is 1.04 bits per heavy atom. The fourth-order valence-electron chi connectivity index (χ4n) is 2.54. The number of para-hydroxylation sites is 3. The topological polar surface area (TPSA) is 54.5 Å². The SMILES string of the molecule is CCOc1ccccc1Nc1ccc(C(=O)N(C)c2ccccc2)nc1. The molecular weight excluding hydrogens is 326 g/mol. The molecule has 1 N–H and O–H groups in total. The monoisotopic (exact) mass is 347 g/mol. The predicted octanol–water partition coefficient (Wildman–Crippen LogP) is 4.50. The zero-order valence-electron chi connectivity index (χ0n) is 14.8. The number of hydrogen-bond acceptors (Lipinski definition) is 4. The molecule has 3 rings (SSSR count). The largest absolute Gasteiger partial charge is 0.492 e. The second-order valence-electron chi connectivity index (χ2n) is 5.69. The highest BCUT2D eigenvalue weighted by atomic mass is 16.5. The maximum Gasteiger partial charge on any atom is 0.276 e. The number of rotatable bonds is 6. The minimum atomic E-state index is -0.155. The van der Waals surface area contributed by atoms with E-state index in [0.29, 0.717) is 12.3 Å². The normalized spacial score (nSPS) is 10.2. The number of benzene rings is 2. The third kappa shape index (κ3) is 4.00. The zero-order chi connectivity index (χ0) is 18.4. The van der Waals surface area contributed by atoms with Gasteiger partial charge in [0.1, 0.15) is 11.4 Å². The van der Waals surface area contributed by atoms with E-state index < -0.39 is 0 Å². The fourth-order valence-corrected chi connectivity index (χ4v) is 2.54. The molecule has 0 unspecified atom stereocenters. The summed E-state index contributed by atoms with van der Waals surface area (Å²) < 4.78 is 5.61. The van der Waals surface area contributed by atoms with Crippen molar-refractivity contribution >= 4 is 23.0 Å². The van der Waals surface area contributed by atoms with E-state index >= 15 is 0 Å². The predicted molar refractivity (Wildman–Crippen MR) is 104 cm³/mol. The van der Waals surface area contributed by atoms with Crippen molar-refractivity contribution in [3.63, 3.8) is 0 Å². The number of hydrogen-bond donors (Lipinski definition) is 1. The van der Waals surface area contributed by atoms with E-state index in [1.807, 2.05) is 67.6 Å². The average Bonchev–Trinajstić information content (AvgIpc) is 2.70. The molecule has 0 saturated carbocycles. The molecular formula is C21H21N3O2. The highest BCUT2D eigenvalue weighted by molar-refractivity contribution is 6.04. The van der Waals surface area contributed by atoms with Gasteiger partial charge in [-0.1, -0.05) is 30.3 Å². The molecule has 1 aromatic heterocycles. The third-order valence-corrected chi connectivity index (χ3v) is 3.90. The molecule has 5 nitrogen and oxygen atoms in total. The molecule has 26 heavy (non-hydrogen) atoms. The minimum absolute atomic E-state index is 0.155. The van der Waals surface area contributed by atoms with Gasteiger partial charge in [0.15, 0.2) is 0 Å². The Kier molecular flexibility index (Phi) is 5.49. The highest BCUT2D eigenvalue weighted by Gasteiger charge is 2.14. The lowest BCUT2D eigenvalue weighted by molar-refractivity contribution is 0.0988. The van der Waals surface area contributed by atoms with E-state index in [9.17, 15) is 4.79 Å². The number of pyridine rings is 1. The second kappa shape index (κ2) is 8.16. The number of ether oxygens (including phenoxy) is 1. The van der Waals surface area contributed by atoms with Crippen LogP contribution >= 0.6 is 0 Å². The number of nitrogens with zero attached hydrogens (tertiary/aromatic N) is 2. The van der Waals surface area contributed by atoms with Gasteiger partial charge in [-0.25, -0.2) is 4.98 Å². The van der Waals surface area contributed by atoms with Gasteiger partial charge < -0.3 is 15.0 Å². The van der Waals surface area contributed by atoms with Crippen LogP contribution in [0.15, 0.2) is 72.9 Å². The Morgan fingerprint density at radius 2 is 1.77 bits per heavy atom. The van der Waals surface area contributed by atoms with Crippen molar-refractivity contribution < 1.29 is 9.53 Å². The van der Waals surface area contributed by atoms with Crippen molar-refractivity contribution in [1.82, 2.24) is 4.98 Å². The third-order valence-electron chi connectivity index (χ3n) is 3.90. The summed E-state index contributed by atoms with van der Waals surface area (Å²) in [5, 5.41) is 3.27. The molecule has 132 valence electrons. The van der Waals surface area contributed by atoms with Crippen LogP contribution in [0.2, 0.25) is 0 Å². The van der Waals surface area contributed by atoms with Gasteiger partial charge in [-0.15, -0.1) is 0 Å². The fraction of sp³-hybridized carbons (Fsp3) is 0.143. The first kappa shape index (κ1) is 17.5. The van der Waals surface area contributed by atoms with E-state index in [0.717, 1.165) is 22.8 Å². The summed E-state index contributed by atoms with van der Waals surface area (Å²) in [6, 6.07) is 20.7. The summed E-state index contributed by atoms with van der Waals surface area (Å²) in [5.74, 6) is 0.622. The van der Waals surface area contributed by atoms with Crippen molar-refractivity contribution in [2.24, 2.45) is 0 Å². The van der Waals surface area contributed by atoms with Crippen LogP contribution in [0.5, 0.6) is 5.75 Å². The van der Waals surface area contributed by atoms with Gasteiger partial charge in [-0.3, -0.25) is 4.79 Å². The number of amides is 1. The van der Waals surface area contributed by atoms with E-state index in [2.05, 4.69) is 10.3 Å². The van der Waals surface area contributed by atoms with E-state index in [1.54, 1.807) is 24.2 Å². The van der Waals surface area contributed by atoms with Gasteiger partial charge in [0.25, 0.3) is 5.91 Å². The van der Waals surface area contributed by atoms with Gasteiger partial charge >= 0.3 is 0 Å². The lowest BCUT2D eigenvalue weighted by Gasteiger charge is -2.17. The first-order valence-corrected chi connectivity index (χ1v) is 8.47. The quantitative estimate of drug-likeness (QED) is 0.713. The van der Waals surface area contributed by atoms with Crippen LogP contribution in [0.25, 0.3) is 0 Å². The molecule has 0 spiro atoms. The summed E-state index contributed by atoms with van der Waals surface area (Å²) in [7, 11) is 1.74. The Bertz CT molecular complexity index is 864. The zero-order valence-corrected chi connectivity index (χ0v) is 14.8. The number of carbonyl (C=O) groups excluding carboxylic acids is 1. The molecule has 0 aliphatic heterocycles. The van der Waals surface area contributed by atoms with Gasteiger partial charge in [0.05, 0.1) is 24.2 Å². The molecule has 3 aromatic rings. The van der Waals surface area contributed by atoms with Crippen molar-refractivity contribution in [3.05, 3.63) is 78.6 Å². The van der Waals surface area contributed by atoms with Gasteiger partial charge in [-0.2, -0.15) is 0 Å². The van der Waals surface area contributed by atoms with Crippen LogP contribution in [-0.2, 0) is 0 Å². The smallest absolute Gasteiger partial charge is 0.276 e. The van der Waals surface area contributed by atoms with Crippen molar-refractivity contribution in [1.29, 1.82) is 0 Å². The summed E-state index contributed by atoms with van der Waals surface area (Å²) in [4.78, 5) is 18.5. The number of carbonyl (C=O) groups is 1. The average molecular weight is 347 g/mol. The molecule has 0 bridgehead atoms. The van der Waals surface area contributed by atoms with Crippen LogP contribution in [0.1, 0.15) is 17.4 Å². The maximum absolute atomic E-state index is 12.6. The summed E-state index contributed by atoms with van der Waals surface area (Å²) >= 11 is 0. The van der Waals surface area contributed by atoms with Crippen molar-refractivity contribution in [2.75, 3.05) is 23.9 Å². The molecule has 1 heterocycles. The van der Waals surface area contributed by atoms with Crippen LogP contribution in [-0.4, -0.2) is 24.5 Å². The Labute approximate surface area is 153 Å². The van der Waals surface area contributed by atoms with E-state index in [4.69, 9.17) is 4.74 Å². The summed E-state index contributed by atoms with van der Waals surface area (Å²) in [6.45, 7) is 2.54. The Balaban J connectivity index is 1.74. The van der Waals surface area contributed by atoms with Crippen LogP contribution < -0.4 is 15.0 Å². The molecule has 0 aliphatic carbocycles. The van der Waals surface area contributed by atoms with Gasteiger partial charge in [-0.05, 0) is 43.3 Å². The molecule has 2 aromatic carbocycles. The Morgan fingerprint density at radius 3 is 2.46 bits per heavy atom. The highest BCUT2D eigenvalue weighted by Crippen LogP contribution is 2.27. The summed E-state index contributed by atoms with van der Waals surface area (Å²) in [6.07, 6.45) is 1.65. The van der Waals surface area contributed by atoms with Crippen LogP contribution in [0, 0.1) is 0 Å².